The summed E-state index contributed by atoms with van der Waals surface area (Å²) in [6.45, 7) is 8.33. The zero-order valence-corrected chi connectivity index (χ0v) is 14.1. The van der Waals surface area contributed by atoms with Gasteiger partial charge in [0.25, 0.3) is 0 Å². The van der Waals surface area contributed by atoms with Crippen molar-refractivity contribution in [2.24, 2.45) is 0 Å². The van der Waals surface area contributed by atoms with Crippen molar-refractivity contribution >= 4 is 5.97 Å². The second-order valence-electron chi connectivity index (χ2n) is 6.39. The van der Waals surface area contributed by atoms with E-state index in [1.807, 2.05) is 39.0 Å². The van der Waals surface area contributed by atoms with Gasteiger partial charge in [-0.25, -0.2) is 0 Å². The van der Waals surface area contributed by atoms with Crippen LogP contribution in [0.5, 0.6) is 5.75 Å². The van der Waals surface area contributed by atoms with E-state index in [1.54, 1.807) is 0 Å². The molecule has 0 spiro atoms. The minimum absolute atomic E-state index is 0.0192. The number of hydrogen-bond acceptors (Lipinski definition) is 4. The molecule has 0 bridgehead atoms. The summed E-state index contributed by atoms with van der Waals surface area (Å²) in [5.74, 6) is 0.565. The monoisotopic (exact) mass is 308 g/mol. The summed E-state index contributed by atoms with van der Waals surface area (Å²) in [6, 6.07) is 5.61. The van der Waals surface area contributed by atoms with Crippen molar-refractivity contribution in [2.45, 2.75) is 65.6 Å². The zero-order chi connectivity index (χ0) is 16.6. The molecular weight excluding hydrogens is 280 g/mol. The molecule has 0 fully saturated rings. The average Bonchev–Trinajstić information content (AvgIpc) is 2.44. The highest BCUT2D eigenvalue weighted by Crippen LogP contribution is 2.23. The molecule has 1 aromatic carbocycles. The van der Waals surface area contributed by atoms with E-state index in [9.17, 15) is 9.90 Å². The van der Waals surface area contributed by atoms with Crippen LogP contribution in [0.15, 0.2) is 18.2 Å². The SMILES string of the molecule is CCCCOc1ccc(CO)cc1CCC(=O)OC(C)(C)C. The van der Waals surface area contributed by atoms with Crippen molar-refractivity contribution in [3.8, 4) is 5.75 Å². The van der Waals surface area contributed by atoms with E-state index >= 15 is 0 Å². The molecule has 124 valence electrons. The summed E-state index contributed by atoms with van der Waals surface area (Å²) in [5, 5.41) is 9.26. The lowest BCUT2D eigenvalue weighted by Gasteiger charge is -2.19. The third-order valence-electron chi connectivity index (χ3n) is 3.08. The molecule has 1 aromatic rings. The van der Waals surface area contributed by atoms with Crippen LogP contribution < -0.4 is 4.74 Å². The van der Waals surface area contributed by atoms with Gasteiger partial charge >= 0.3 is 5.97 Å². The quantitative estimate of drug-likeness (QED) is 0.588. The van der Waals surface area contributed by atoms with Gasteiger partial charge in [0.2, 0.25) is 0 Å². The number of carbonyl (C=O) groups is 1. The van der Waals surface area contributed by atoms with E-state index in [-0.39, 0.29) is 12.6 Å². The summed E-state index contributed by atoms with van der Waals surface area (Å²) in [4.78, 5) is 11.8. The summed E-state index contributed by atoms with van der Waals surface area (Å²) in [5.41, 5.74) is 1.29. The number of aliphatic hydroxyl groups excluding tert-OH is 1. The second-order valence-corrected chi connectivity index (χ2v) is 6.39. The van der Waals surface area contributed by atoms with E-state index in [1.165, 1.54) is 0 Å². The van der Waals surface area contributed by atoms with E-state index in [0.29, 0.717) is 19.4 Å². The molecule has 22 heavy (non-hydrogen) atoms. The largest absolute Gasteiger partial charge is 0.493 e. The van der Waals surface area contributed by atoms with Crippen LogP contribution in [-0.4, -0.2) is 23.3 Å². The molecule has 0 saturated heterocycles. The summed E-state index contributed by atoms with van der Waals surface area (Å²) >= 11 is 0. The van der Waals surface area contributed by atoms with Crippen molar-refractivity contribution in [1.82, 2.24) is 0 Å². The third kappa shape index (κ3) is 6.94. The highest BCUT2D eigenvalue weighted by Gasteiger charge is 2.17. The number of esters is 1. The van der Waals surface area contributed by atoms with Gasteiger partial charge in [0.1, 0.15) is 11.4 Å². The lowest BCUT2D eigenvalue weighted by molar-refractivity contribution is -0.154. The molecule has 1 N–H and O–H groups in total. The van der Waals surface area contributed by atoms with Crippen LogP contribution in [-0.2, 0) is 22.6 Å². The van der Waals surface area contributed by atoms with Gasteiger partial charge < -0.3 is 14.6 Å². The number of rotatable bonds is 8. The number of hydrogen-bond donors (Lipinski definition) is 1. The molecular formula is C18H28O4. The Labute approximate surface area is 133 Å². The maximum absolute atomic E-state index is 11.8. The van der Waals surface area contributed by atoms with Gasteiger partial charge in [-0.1, -0.05) is 19.4 Å². The Morgan fingerprint density at radius 1 is 1.27 bits per heavy atom. The zero-order valence-electron chi connectivity index (χ0n) is 14.1. The number of carbonyl (C=O) groups excluding carboxylic acids is 1. The Balaban J connectivity index is 2.71. The van der Waals surface area contributed by atoms with Crippen molar-refractivity contribution in [3.05, 3.63) is 29.3 Å². The Morgan fingerprint density at radius 3 is 2.59 bits per heavy atom. The molecule has 0 saturated carbocycles. The van der Waals surface area contributed by atoms with Crippen LogP contribution >= 0.6 is 0 Å². The van der Waals surface area contributed by atoms with Crippen molar-refractivity contribution in [2.75, 3.05) is 6.61 Å². The van der Waals surface area contributed by atoms with Gasteiger partial charge in [0.05, 0.1) is 13.2 Å². The van der Waals surface area contributed by atoms with E-state index in [2.05, 4.69) is 6.92 Å². The molecule has 0 aliphatic heterocycles. The molecule has 0 aliphatic carbocycles. The van der Waals surface area contributed by atoms with E-state index in [4.69, 9.17) is 9.47 Å². The predicted molar refractivity (Wildman–Crippen MR) is 86.9 cm³/mol. The van der Waals surface area contributed by atoms with E-state index in [0.717, 1.165) is 29.7 Å². The Kier molecular flexibility index (Phi) is 7.39. The summed E-state index contributed by atoms with van der Waals surface area (Å²) in [6.07, 6.45) is 2.91. The molecule has 0 radical (unpaired) electrons. The van der Waals surface area contributed by atoms with Crippen molar-refractivity contribution < 1.29 is 19.4 Å². The maximum Gasteiger partial charge on any atom is 0.306 e. The first-order valence-corrected chi connectivity index (χ1v) is 7.93. The van der Waals surface area contributed by atoms with Gasteiger partial charge in [-0.3, -0.25) is 4.79 Å². The van der Waals surface area contributed by atoms with Crippen molar-refractivity contribution in [3.63, 3.8) is 0 Å². The number of ether oxygens (including phenoxy) is 2. The Morgan fingerprint density at radius 2 is 2.00 bits per heavy atom. The summed E-state index contributed by atoms with van der Waals surface area (Å²) < 4.78 is 11.1. The van der Waals surface area contributed by atoms with E-state index < -0.39 is 5.60 Å². The fourth-order valence-electron chi connectivity index (χ4n) is 2.02. The molecule has 0 aromatic heterocycles. The number of benzene rings is 1. The van der Waals surface area contributed by atoms with Crippen LogP contribution in [0.2, 0.25) is 0 Å². The fraction of sp³-hybridized carbons (Fsp3) is 0.611. The minimum Gasteiger partial charge on any atom is -0.493 e. The molecule has 0 amide bonds. The normalized spacial score (nSPS) is 11.3. The number of unbranched alkanes of at least 4 members (excludes halogenated alkanes) is 1. The van der Waals surface area contributed by atoms with Gasteiger partial charge in [0.15, 0.2) is 0 Å². The van der Waals surface area contributed by atoms with Gasteiger partial charge in [0, 0.05) is 6.42 Å². The highest BCUT2D eigenvalue weighted by molar-refractivity contribution is 5.70. The minimum atomic E-state index is -0.468. The van der Waals surface area contributed by atoms with Gasteiger partial charge in [-0.15, -0.1) is 0 Å². The van der Waals surface area contributed by atoms with Crippen LogP contribution in [0, 0.1) is 0 Å². The molecule has 0 aliphatic rings. The van der Waals surface area contributed by atoms with Gasteiger partial charge in [-0.2, -0.15) is 0 Å². The first kappa shape index (κ1) is 18.5. The standard InChI is InChI=1S/C18H28O4/c1-5-6-11-21-16-9-7-14(13-19)12-15(16)8-10-17(20)22-18(2,3)4/h7,9,12,19H,5-6,8,10-11,13H2,1-4H3. The summed E-state index contributed by atoms with van der Waals surface area (Å²) in [7, 11) is 0. The predicted octanol–water partition coefficient (Wildman–Crippen LogP) is 3.63. The first-order chi connectivity index (χ1) is 10.4. The molecule has 4 heteroatoms. The fourth-order valence-corrected chi connectivity index (χ4v) is 2.02. The van der Waals surface area contributed by atoms with Crippen LogP contribution in [0.4, 0.5) is 0 Å². The topological polar surface area (TPSA) is 55.8 Å². The number of aryl methyl sites for hydroxylation is 1. The third-order valence-corrected chi connectivity index (χ3v) is 3.08. The highest BCUT2D eigenvalue weighted by atomic mass is 16.6. The molecule has 0 heterocycles. The Hall–Kier alpha value is -1.55. The van der Waals surface area contributed by atoms with Crippen LogP contribution in [0.1, 0.15) is 58.1 Å². The lowest BCUT2D eigenvalue weighted by atomic mass is 10.0. The Bertz CT molecular complexity index is 474. The smallest absolute Gasteiger partial charge is 0.306 e. The molecule has 4 nitrogen and oxygen atoms in total. The molecule has 1 rings (SSSR count). The molecule has 0 atom stereocenters. The first-order valence-electron chi connectivity index (χ1n) is 7.93. The van der Waals surface area contributed by atoms with Gasteiger partial charge in [-0.05, 0) is 56.9 Å². The lowest BCUT2D eigenvalue weighted by Crippen LogP contribution is -2.24. The molecule has 0 unspecified atom stereocenters. The average molecular weight is 308 g/mol. The van der Waals surface area contributed by atoms with Crippen LogP contribution in [0.3, 0.4) is 0 Å². The second kappa shape index (κ2) is 8.79. The number of aliphatic hydroxyl groups is 1. The van der Waals surface area contributed by atoms with Crippen molar-refractivity contribution in [1.29, 1.82) is 0 Å². The van der Waals surface area contributed by atoms with Crippen LogP contribution in [0.25, 0.3) is 0 Å². The maximum atomic E-state index is 11.8.